The Morgan fingerprint density at radius 1 is 1.64 bits per heavy atom. The van der Waals surface area contributed by atoms with E-state index in [0.29, 0.717) is 29.5 Å². The molecule has 0 saturated carbocycles. The molecule has 11 heavy (non-hydrogen) atoms. The minimum atomic E-state index is 0.417. The quantitative estimate of drug-likeness (QED) is 0.430. The van der Waals surface area contributed by atoms with Crippen molar-refractivity contribution in [3.05, 3.63) is 28.2 Å². The predicted molar refractivity (Wildman–Crippen MR) is 39.6 cm³/mol. The van der Waals surface area contributed by atoms with Gasteiger partial charge in [-0.15, -0.1) is 0 Å². The van der Waals surface area contributed by atoms with Crippen LogP contribution in [-0.4, -0.2) is 6.61 Å². The Morgan fingerprint density at radius 2 is 2.45 bits per heavy atom. The van der Waals surface area contributed by atoms with Gasteiger partial charge in [0.05, 0.1) is 13.0 Å². The fourth-order valence-corrected chi connectivity index (χ4v) is 1.35. The highest BCUT2D eigenvalue weighted by atomic mass is 35.5. The SMILES string of the molecule is [O-][n+]1cc(Cl)cc2c1CCO2. The summed E-state index contributed by atoms with van der Waals surface area (Å²) in [6, 6.07) is 1.66. The van der Waals surface area contributed by atoms with E-state index in [9.17, 15) is 5.21 Å². The molecule has 0 fully saturated rings. The Bertz CT molecular complexity index is 301. The first-order chi connectivity index (χ1) is 5.27. The molecule has 2 heterocycles. The molecular formula is C7H6ClNO2. The van der Waals surface area contributed by atoms with Crippen molar-refractivity contribution >= 4 is 11.6 Å². The first kappa shape index (κ1) is 6.73. The lowest BCUT2D eigenvalue weighted by Crippen LogP contribution is -2.30. The van der Waals surface area contributed by atoms with Gasteiger partial charge in [0.15, 0.2) is 11.9 Å². The van der Waals surface area contributed by atoms with E-state index in [1.165, 1.54) is 6.20 Å². The molecule has 0 saturated heterocycles. The van der Waals surface area contributed by atoms with Gasteiger partial charge in [0.2, 0.25) is 5.69 Å². The summed E-state index contributed by atoms with van der Waals surface area (Å²) in [7, 11) is 0. The molecule has 0 unspecified atom stereocenters. The van der Waals surface area contributed by atoms with Gasteiger partial charge in [-0.2, -0.15) is 4.73 Å². The van der Waals surface area contributed by atoms with E-state index in [1.807, 2.05) is 0 Å². The van der Waals surface area contributed by atoms with Gasteiger partial charge in [0, 0.05) is 6.07 Å². The summed E-state index contributed by atoms with van der Waals surface area (Å²) in [4.78, 5) is 0. The Kier molecular flexibility index (Phi) is 1.39. The molecule has 58 valence electrons. The van der Waals surface area contributed by atoms with Crippen LogP contribution in [0.3, 0.4) is 0 Å². The highest BCUT2D eigenvalue weighted by Gasteiger charge is 2.21. The molecule has 0 spiro atoms. The zero-order valence-corrected chi connectivity index (χ0v) is 6.47. The van der Waals surface area contributed by atoms with Crippen molar-refractivity contribution in [1.29, 1.82) is 0 Å². The maximum Gasteiger partial charge on any atom is 0.238 e. The van der Waals surface area contributed by atoms with Gasteiger partial charge >= 0.3 is 0 Å². The summed E-state index contributed by atoms with van der Waals surface area (Å²) >= 11 is 5.63. The fourth-order valence-electron chi connectivity index (χ4n) is 1.16. The Labute approximate surface area is 68.8 Å². The number of ether oxygens (including phenoxy) is 1. The van der Waals surface area contributed by atoms with Crippen molar-refractivity contribution in [2.24, 2.45) is 0 Å². The molecule has 0 aliphatic carbocycles. The third-order valence-corrected chi connectivity index (χ3v) is 1.86. The van der Waals surface area contributed by atoms with Crippen LogP contribution in [0.2, 0.25) is 5.02 Å². The lowest BCUT2D eigenvalue weighted by atomic mass is 10.3. The van der Waals surface area contributed by atoms with Crippen molar-refractivity contribution in [2.45, 2.75) is 6.42 Å². The van der Waals surface area contributed by atoms with Crippen LogP contribution in [0.1, 0.15) is 5.69 Å². The molecule has 1 aromatic rings. The van der Waals surface area contributed by atoms with Crippen molar-refractivity contribution in [3.63, 3.8) is 0 Å². The third kappa shape index (κ3) is 1.01. The van der Waals surface area contributed by atoms with E-state index < -0.39 is 0 Å². The third-order valence-electron chi connectivity index (χ3n) is 1.66. The van der Waals surface area contributed by atoms with Gasteiger partial charge in [-0.25, -0.2) is 0 Å². The van der Waals surface area contributed by atoms with E-state index in [1.54, 1.807) is 6.07 Å². The van der Waals surface area contributed by atoms with E-state index in [2.05, 4.69) is 0 Å². The number of aromatic nitrogens is 1. The largest absolute Gasteiger partial charge is 0.618 e. The molecule has 4 heteroatoms. The summed E-state index contributed by atoms with van der Waals surface area (Å²) in [6.45, 7) is 0.581. The molecule has 1 aromatic heterocycles. The van der Waals surface area contributed by atoms with Crippen LogP contribution in [0.15, 0.2) is 12.3 Å². The monoisotopic (exact) mass is 171 g/mol. The zero-order valence-electron chi connectivity index (χ0n) is 5.71. The van der Waals surface area contributed by atoms with Crippen LogP contribution >= 0.6 is 11.6 Å². The molecule has 1 aliphatic rings. The lowest BCUT2D eigenvalue weighted by molar-refractivity contribution is -0.612. The zero-order chi connectivity index (χ0) is 7.84. The van der Waals surface area contributed by atoms with E-state index in [-0.39, 0.29) is 0 Å². The van der Waals surface area contributed by atoms with Crippen molar-refractivity contribution in [3.8, 4) is 5.75 Å². The molecule has 0 bridgehead atoms. The standard InChI is InChI=1S/C7H6ClNO2/c8-5-3-7-6(1-2-11-7)9(10)4-5/h3-4H,1-2H2. The van der Waals surface area contributed by atoms with Crippen LogP contribution in [0.5, 0.6) is 5.75 Å². The minimum absolute atomic E-state index is 0.417. The van der Waals surface area contributed by atoms with E-state index >= 15 is 0 Å². The maximum atomic E-state index is 11.1. The number of nitrogens with zero attached hydrogens (tertiary/aromatic N) is 1. The molecule has 0 aromatic carbocycles. The first-order valence-electron chi connectivity index (χ1n) is 3.32. The second-order valence-corrected chi connectivity index (χ2v) is 2.83. The molecule has 0 atom stereocenters. The Balaban J connectivity index is 2.60. The van der Waals surface area contributed by atoms with Crippen molar-refractivity contribution < 1.29 is 9.47 Å². The minimum Gasteiger partial charge on any atom is -0.618 e. The molecule has 3 nitrogen and oxygen atoms in total. The summed E-state index contributed by atoms with van der Waals surface area (Å²) in [5.41, 5.74) is 0.675. The van der Waals surface area contributed by atoms with Crippen LogP contribution in [0.4, 0.5) is 0 Å². The van der Waals surface area contributed by atoms with Gasteiger partial charge in [-0.3, -0.25) is 0 Å². The van der Waals surface area contributed by atoms with Crippen LogP contribution in [0.25, 0.3) is 0 Å². The number of hydrogen-bond donors (Lipinski definition) is 0. The molecule has 0 radical (unpaired) electrons. The molecule has 1 aliphatic heterocycles. The molecular weight excluding hydrogens is 166 g/mol. The van der Waals surface area contributed by atoms with Crippen molar-refractivity contribution in [2.75, 3.05) is 6.61 Å². The second kappa shape index (κ2) is 2.27. The number of fused-ring (bicyclic) bond motifs is 1. The average Bonchev–Trinajstić information content (AvgIpc) is 2.34. The second-order valence-electron chi connectivity index (χ2n) is 2.39. The summed E-state index contributed by atoms with van der Waals surface area (Å²) in [5, 5.41) is 11.5. The topological polar surface area (TPSA) is 36.2 Å². The Hall–Kier alpha value is -0.960. The fraction of sp³-hybridized carbons (Fsp3) is 0.286. The number of halogens is 1. The van der Waals surface area contributed by atoms with Gasteiger partial charge in [0.1, 0.15) is 5.02 Å². The average molecular weight is 172 g/mol. The van der Waals surface area contributed by atoms with Crippen LogP contribution in [0, 0.1) is 5.21 Å². The molecule has 0 N–H and O–H groups in total. The summed E-state index contributed by atoms with van der Waals surface area (Å²) in [6.07, 6.45) is 2.02. The van der Waals surface area contributed by atoms with Crippen molar-refractivity contribution in [1.82, 2.24) is 0 Å². The van der Waals surface area contributed by atoms with Gasteiger partial charge in [-0.05, 0) is 0 Å². The van der Waals surface area contributed by atoms with Crippen LogP contribution in [-0.2, 0) is 6.42 Å². The molecule has 0 amide bonds. The smallest absolute Gasteiger partial charge is 0.238 e. The van der Waals surface area contributed by atoms with Crippen LogP contribution < -0.4 is 9.47 Å². The first-order valence-corrected chi connectivity index (χ1v) is 3.69. The number of rotatable bonds is 0. The van der Waals surface area contributed by atoms with E-state index in [4.69, 9.17) is 16.3 Å². The summed E-state index contributed by atoms with van der Waals surface area (Å²) < 4.78 is 5.92. The predicted octanol–water partition coefficient (Wildman–Crippen LogP) is 0.908. The normalized spacial score (nSPS) is 14.3. The highest BCUT2D eigenvalue weighted by Crippen LogP contribution is 2.24. The summed E-state index contributed by atoms with van der Waals surface area (Å²) in [5.74, 6) is 0.618. The highest BCUT2D eigenvalue weighted by molar-refractivity contribution is 6.30. The lowest BCUT2D eigenvalue weighted by Gasteiger charge is -2.00. The molecule has 2 rings (SSSR count). The number of pyridine rings is 1. The van der Waals surface area contributed by atoms with Gasteiger partial charge in [0.25, 0.3) is 0 Å². The maximum absolute atomic E-state index is 11.1. The van der Waals surface area contributed by atoms with Gasteiger partial charge in [-0.1, -0.05) is 11.6 Å². The Morgan fingerprint density at radius 3 is 3.27 bits per heavy atom. The van der Waals surface area contributed by atoms with E-state index in [0.717, 1.165) is 4.73 Å². The number of hydrogen-bond acceptors (Lipinski definition) is 2. The van der Waals surface area contributed by atoms with Gasteiger partial charge < -0.3 is 9.94 Å².